The third kappa shape index (κ3) is 3.97. The van der Waals surface area contributed by atoms with E-state index in [1.807, 2.05) is 6.07 Å². The van der Waals surface area contributed by atoms with E-state index >= 15 is 0 Å². The fourth-order valence-corrected chi connectivity index (χ4v) is 2.05. The number of aromatic nitrogens is 2. The number of H-pyrrole nitrogens is 1. The van der Waals surface area contributed by atoms with Crippen molar-refractivity contribution >= 4 is 23.1 Å². The number of rotatable bonds is 4. The van der Waals surface area contributed by atoms with Crippen LogP contribution in [0.25, 0.3) is 11.0 Å². The number of pyridine rings is 1. The van der Waals surface area contributed by atoms with Crippen molar-refractivity contribution in [3.63, 3.8) is 0 Å². The molecule has 0 spiro atoms. The van der Waals surface area contributed by atoms with Crippen LogP contribution in [-0.2, 0) is 16.0 Å². The summed E-state index contributed by atoms with van der Waals surface area (Å²) in [4.78, 5) is 30.2. The van der Waals surface area contributed by atoms with Crippen LogP contribution in [0.4, 0.5) is 4.79 Å². The second kappa shape index (κ2) is 6.05. The van der Waals surface area contributed by atoms with Crippen LogP contribution in [0.15, 0.2) is 24.5 Å². The average molecular weight is 305 g/mol. The molecule has 0 aliphatic carbocycles. The number of aromatic amines is 1. The molecule has 0 aliphatic heterocycles. The molecule has 1 amide bonds. The maximum Gasteiger partial charge on any atom is 0.408 e. The predicted molar refractivity (Wildman–Crippen MR) is 80.6 cm³/mol. The number of aliphatic carboxylic acids is 1. The number of ether oxygens (including phenoxy) is 1. The molecule has 22 heavy (non-hydrogen) atoms. The maximum atomic E-state index is 11.7. The van der Waals surface area contributed by atoms with Gasteiger partial charge in [-0.25, -0.2) is 14.6 Å². The van der Waals surface area contributed by atoms with Crippen molar-refractivity contribution in [3.05, 3.63) is 30.1 Å². The van der Waals surface area contributed by atoms with Crippen molar-refractivity contribution in [2.75, 3.05) is 0 Å². The Morgan fingerprint density at radius 2 is 2.18 bits per heavy atom. The van der Waals surface area contributed by atoms with Crippen LogP contribution in [0, 0.1) is 0 Å². The third-order valence-corrected chi connectivity index (χ3v) is 2.95. The molecule has 0 unspecified atom stereocenters. The molecule has 0 fully saturated rings. The number of amides is 1. The largest absolute Gasteiger partial charge is 0.480 e. The molecule has 7 nitrogen and oxygen atoms in total. The first kappa shape index (κ1) is 15.8. The third-order valence-electron chi connectivity index (χ3n) is 2.95. The normalized spacial score (nSPS) is 12.9. The number of carbonyl (C=O) groups is 2. The number of alkyl carbamates (subject to hydrolysis) is 1. The number of carbonyl (C=O) groups excluding carboxylic acids is 1. The first-order valence-corrected chi connectivity index (χ1v) is 6.89. The van der Waals surface area contributed by atoms with Crippen molar-refractivity contribution < 1.29 is 19.4 Å². The predicted octanol–water partition coefficient (Wildman–Crippen LogP) is 2.08. The van der Waals surface area contributed by atoms with Crippen molar-refractivity contribution in [2.24, 2.45) is 0 Å². The number of fused-ring (bicyclic) bond motifs is 1. The summed E-state index contributed by atoms with van der Waals surface area (Å²) in [6, 6.07) is 2.55. The zero-order valence-corrected chi connectivity index (χ0v) is 12.7. The minimum Gasteiger partial charge on any atom is -0.480 e. The highest BCUT2D eigenvalue weighted by Gasteiger charge is 2.25. The number of nitrogens with one attached hydrogen (secondary N) is 2. The summed E-state index contributed by atoms with van der Waals surface area (Å²) in [7, 11) is 0. The fourth-order valence-electron chi connectivity index (χ4n) is 2.05. The monoisotopic (exact) mass is 305 g/mol. The van der Waals surface area contributed by atoms with Gasteiger partial charge in [0, 0.05) is 24.2 Å². The molecular weight excluding hydrogens is 286 g/mol. The summed E-state index contributed by atoms with van der Waals surface area (Å²) in [5, 5.41) is 12.5. The lowest BCUT2D eigenvalue weighted by Crippen LogP contribution is -2.44. The van der Waals surface area contributed by atoms with Gasteiger partial charge in [0.05, 0.1) is 0 Å². The van der Waals surface area contributed by atoms with Crippen LogP contribution in [0.1, 0.15) is 26.3 Å². The lowest BCUT2D eigenvalue weighted by Gasteiger charge is -2.21. The average Bonchev–Trinajstić information content (AvgIpc) is 2.79. The Bertz CT molecular complexity index is 687. The molecule has 0 saturated carbocycles. The van der Waals surface area contributed by atoms with Gasteiger partial charge in [-0.3, -0.25) is 0 Å². The summed E-state index contributed by atoms with van der Waals surface area (Å²) in [6.45, 7) is 5.15. The minimum absolute atomic E-state index is 0.139. The van der Waals surface area contributed by atoms with Gasteiger partial charge in [-0.2, -0.15) is 0 Å². The van der Waals surface area contributed by atoms with Crippen LogP contribution >= 0.6 is 0 Å². The number of hydrogen-bond donors (Lipinski definition) is 3. The summed E-state index contributed by atoms with van der Waals surface area (Å²) < 4.78 is 5.09. The molecule has 0 aliphatic rings. The van der Waals surface area contributed by atoms with Gasteiger partial charge >= 0.3 is 12.1 Å². The van der Waals surface area contributed by atoms with E-state index in [0.29, 0.717) is 5.65 Å². The van der Waals surface area contributed by atoms with Crippen LogP contribution in [0.2, 0.25) is 0 Å². The lowest BCUT2D eigenvalue weighted by molar-refractivity contribution is -0.139. The fraction of sp³-hybridized carbons (Fsp3) is 0.400. The van der Waals surface area contributed by atoms with E-state index in [1.54, 1.807) is 39.2 Å². The second-order valence-corrected chi connectivity index (χ2v) is 5.95. The quantitative estimate of drug-likeness (QED) is 0.802. The van der Waals surface area contributed by atoms with Crippen LogP contribution < -0.4 is 5.32 Å². The molecular formula is C15H19N3O4. The summed E-state index contributed by atoms with van der Waals surface area (Å²) in [6.07, 6.45) is 2.74. The maximum absolute atomic E-state index is 11.7. The van der Waals surface area contributed by atoms with Crippen LogP contribution in [0.5, 0.6) is 0 Å². The number of hydrogen-bond acceptors (Lipinski definition) is 4. The highest BCUT2D eigenvalue weighted by molar-refractivity contribution is 5.83. The first-order chi connectivity index (χ1) is 10.3. The molecule has 0 bridgehead atoms. The molecule has 2 heterocycles. The van der Waals surface area contributed by atoms with Crippen molar-refractivity contribution in [3.8, 4) is 0 Å². The van der Waals surface area contributed by atoms with Gasteiger partial charge in [-0.15, -0.1) is 0 Å². The molecule has 1 atom stereocenters. The molecule has 0 saturated heterocycles. The van der Waals surface area contributed by atoms with E-state index < -0.39 is 23.7 Å². The number of nitrogens with zero attached hydrogens (tertiary/aromatic N) is 1. The van der Waals surface area contributed by atoms with E-state index in [9.17, 15) is 14.7 Å². The zero-order valence-electron chi connectivity index (χ0n) is 12.7. The van der Waals surface area contributed by atoms with Gasteiger partial charge in [0.2, 0.25) is 0 Å². The van der Waals surface area contributed by atoms with Gasteiger partial charge in [-0.05, 0) is 38.5 Å². The molecule has 2 aromatic heterocycles. The first-order valence-electron chi connectivity index (χ1n) is 6.89. The van der Waals surface area contributed by atoms with E-state index in [-0.39, 0.29) is 6.42 Å². The minimum atomic E-state index is -1.12. The molecule has 2 rings (SSSR count). The van der Waals surface area contributed by atoms with Crippen molar-refractivity contribution in [2.45, 2.75) is 38.8 Å². The highest BCUT2D eigenvalue weighted by atomic mass is 16.6. The standard InChI is InChI=1S/C15H19N3O4/c1-15(2,3)22-14(21)18-11(13(19)20)7-9-8-17-12-10(9)5-4-6-16-12/h4-6,8,11H,7H2,1-3H3,(H,16,17)(H,18,21)(H,19,20)/t11-/m0/s1. The SMILES string of the molecule is CC(C)(C)OC(=O)N[C@@H](Cc1c[nH]c2ncccc12)C(=O)O. The summed E-state index contributed by atoms with van der Waals surface area (Å²) in [5.41, 5.74) is 0.767. The van der Waals surface area contributed by atoms with Gasteiger partial charge in [0.25, 0.3) is 0 Å². The summed E-state index contributed by atoms with van der Waals surface area (Å²) in [5.74, 6) is -1.12. The zero-order chi connectivity index (χ0) is 16.3. The topological polar surface area (TPSA) is 104 Å². The summed E-state index contributed by atoms with van der Waals surface area (Å²) >= 11 is 0. The van der Waals surface area contributed by atoms with E-state index in [1.165, 1.54) is 0 Å². The van der Waals surface area contributed by atoms with Crippen LogP contribution in [0.3, 0.4) is 0 Å². The number of carboxylic acid groups (broad SMARTS) is 1. The lowest BCUT2D eigenvalue weighted by atomic mass is 10.1. The van der Waals surface area contributed by atoms with Gasteiger partial charge in [0.1, 0.15) is 17.3 Å². The molecule has 118 valence electrons. The Balaban J connectivity index is 2.12. The molecule has 0 radical (unpaired) electrons. The van der Waals surface area contributed by atoms with Crippen molar-refractivity contribution in [1.29, 1.82) is 0 Å². The Hall–Kier alpha value is -2.57. The van der Waals surface area contributed by atoms with Gasteiger partial charge < -0.3 is 20.1 Å². The molecule has 2 aromatic rings. The van der Waals surface area contributed by atoms with Crippen molar-refractivity contribution in [1.82, 2.24) is 15.3 Å². The van der Waals surface area contributed by atoms with E-state index in [2.05, 4.69) is 15.3 Å². The number of carboxylic acids is 1. The van der Waals surface area contributed by atoms with E-state index in [0.717, 1.165) is 10.9 Å². The van der Waals surface area contributed by atoms with E-state index in [4.69, 9.17) is 4.74 Å². The second-order valence-electron chi connectivity index (χ2n) is 5.95. The Morgan fingerprint density at radius 3 is 2.82 bits per heavy atom. The van der Waals surface area contributed by atoms with Gasteiger partial charge in [-0.1, -0.05) is 0 Å². The molecule has 3 N–H and O–H groups in total. The molecule has 0 aromatic carbocycles. The highest BCUT2D eigenvalue weighted by Crippen LogP contribution is 2.17. The Morgan fingerprint density at radius 1 is 1.45 bits per heavy atom. The van der Waals surface area contributed by atoms with Gasteiger partial charge in [0.15, 0.2) is 0 Å². The Kier molecular flexibility index (Phi) is 4.35. The smallest absolute Gasteiger partial charge is 0.408 e. The molecule has 7 heteroatoms. The Labute approximate surface area is 127 Å². The van der Waals surface area contributed by atoms with Crippen LogP contribution in [-0.4, -0.2) is 38.8 Å².